The second-order valence-corrected chi connectivity index (χ2v) is 14.9. The molecule has 0 unspecified atom stereocenters. The quantitative estimate of drug-likeness (QED) is 0.150. The molecule has 0 fully saturated rings. The van der Waals surface area contributed by atoms with Crippen LogP contribution >= 0.6 is 31.9 Å². The maximum absolute atomic E-state index is 3.91. The Morgan fingerprint density at radius 2 is 0.681 bits per heavy atom. The molecule has 0 aromatic heterocycles. The van der Waals surface area contributed by atoms with Gasteiger partial charge in [0.25, 0.3) is 0 Å². The van der Waals surface area contributed by atoms with Gasteiger partial charge in [0.15, 0.2) is 0 Å². The van der Waals surface area contributed by atoms with Gasteiger partial charge in [-0.2, -0.15) is 0 Å². The minimum absolute atomic E-state index is 0.479. The Morgan fingerprint density at radius 1 is 0.340 bits per heavy atom. The van der Waals surface area contributed by atoms with E-state index in [-0.39, 0.29) is 0 Å². The van der Waals surface area contributed by atoms with Gasteiger partial charge in [-0.05, 0) is 91.0 Å². The molecule has 7 aromatic rings. The first kappa shape index (κ1) is 26.4. The number of benzene rings is 7. The zero-order valence-electron chi connectivity index (χ0n) is 25.1. The molecule has 7 aromatic carbocycles. The molecule has 3 heteroatoms. The highest BCUT2D eigenvalue weighted by molar-refractivity contribution is 9.10. The molecule has 0 N–H and O–H groups in total. The Bertz CT molecular complexity index is 2270. The third-order valence-corrected chi connectivity index (χ3v) is 12.2. The second kappa shape index (κ2) is 9.01. The normalized spacial score (nSPS) is 15.7. The smallest absolute Gasteiger partial charge is 0.0754 e. The molecule has 2 heterocycles. The Labute approximate surface area is 290 Å². The Hall–Kier alpha value is -4.70. The lowest BCUT2D eigenvalue weighted by Gasteiger charge is -2.52. The summed E-state index contributed by atoms with van der Waals surface area (Å²) in [6.45, 7) is 0. The van der Waals surface area contributed by atoms with Gasteiger partial charge in [0.2, 0.25) is 0 Å². The van der Waals surface area contributed by atoms with Crippen molar-refractivity contribution in [2.24, 2.45) is 0 Å². The van der Waals surface area contributed by atoms with Gasteiger partial charge in [0.05, 0.1) is 27.9 Å². The van der Waals surface area contributed by atoms with E-state index in [1.54, 1.807) is 0 Å². The summed E-state index contributed by atoms with van der Waals surface area (Å²) in [7, 11) is 0. The van der Waals surface area contributed by atoms with E-state index in [2.05, 4.69) is 188 Å². The Kier molecular flexibility index (Phi) is 5.05. The first-order chi connectivity index (χ1) is 23.1. The van der Waals surface area contributed by atoms with Crippen LogP contribution < -0.4 is 4.90 Å². The topological polar surface area (TPSA) is 3.24 Å². The second-order valence-electron chi connectivity index (χ2n) is 13.0. The number of para-hydroxylation sites is 1. The van der Waals surface area contributed by atoms with Crippen molar-refractivity contribution in [3.8, 4) is 22.3 Å². The summed E-state index contributed by atoms with van der Waals surface area (Å²) in [5.41, 5.74) is 18.6. The number of anilines is 3. The molecule has 2 aliphatic heterocycles. The maximum Gasteiger partial charge on any atom is 0.0754 e. The largest absolute Gasteiger partial charge is 0.309 e. The molecule has 220 valence electrons. The molecular weight excluding hydrogens is 702 g/mol. The predicted octanol–water partition coefficient (Wildman–Crippen LogP) is 12.0. The molecular formula is C44H25Br2N. The zero-order valence-corrected chi connectivity index (χ0v) is 28.3. The van der Waals surface area contributed by atoms with Gasteiger partial charge in [0.1, 0.15) is 0 Å². The Morgan fingerprint density at radius 3 is 1.06 bits per heavy atom. The fraction of sp³-hybridized carbons (Fsp3) is 0.0455. The van der Waals surface area contributed by atoms with Gasteiger partial charge in [0, 0.05) is 8.95 Å². The summed E-state index contributed by atoms with van der Waals surface area (Å²) in [4.78, 5) is 2.56. The number of hydrogen-bond donors (Lipinski definition) is 0. The van der Waals surface area contributed by atoms with Crippen LogP contribution in [0.1, 0.15) is 44.5 Å². The zero-order chi connectivity index (χ0) is 31.1. The molecule has 0 amide bonds. The van der Waals surface area contributed by atoms with Crippen molar-refractivity contribution in [2.45, 2.75) is 10.8 Å². The third-order valence-electron chi connectivity index (χ3n) is 11.2. The van der Waals surface area contributed by atoms with Crippen molar-refractivity contribution in [1.82, 2.24) is 0 Å². The predicted molar refractivity (Wildman–Crippen MR) is 198 cm³/mol. The van der Waals surface area contributed by atoms with Gasteiger partial charge in [-0.3, -0.25) is 0 Å². The van der Waals surface area contributed by atoms with Crippen LogP contribution in [0.2, 0.25) is 0 Å². The molecule has 0 radical (unpaired) electrons. The first-order valence-electron chi connectivity index (χ1n) is 16.1. The number of halogens is 2. The fourth-order valence-electron chi connectivity index (χ4n) is 9.70. The molecule has 0 bridgehead atoms. The third kappa shape index (κ3) is 2.94. The lowest BCUT2D eigenvalue weighted by atomic mass is 9.59. The average molecular weight is 727 g/mol. The minimum atomic E-state index is -0.479. The number of fused-ring (bicyclic) bond motifs is 18. The molecule has 2 spiro atoms. The van der Waals surface area contributed by atoms with E-state index in [0.29, 0.717) is 0 Å². The summed E-state index contributed by atoms with van der Waals surface area (Å²) in [5, 5.41) is 0. The van der Waals surface area contributed by atoms with Crippen molar-refractivity contribution < 1.29 is 0 Å². The van der Waals surface area contributed by atoms with Crippen LogP contribution in [0.15, 0.2) is 161 Å². The van der Waals surface area contributed by atoms with Gasteiger partial charge in [-0.15, -0.1) is 0 Å². The SMILES string of the molecule is Brc1ccc2c(c1)N1c3cc(Br)ccc3C3(c4ccccc4-c4ccccc43)c3cccc(c31)C21c2ccccc2-c2ccccc21. The molecule has 0 saturated heterocycles. The van der Waals surface area contributed by atoms with Crippen LogP contribution in [-0.2, 0) is 10.8 Å². The minimum Gasteiger partial charge on any atom is -0.309 e. The Balaban J connectivity index is 1.39. The lowest BCUT2D eigenvalue weighted by Crippen LogP contribution is -2.42. The molecule has 11 rings (SSSR count). The van der Waals surface area contributed by atoms with Crippen LogP contribution in [0.4, 0.5) is 17.1 Å². The van der Waals surface area contributed by atoms with E-state index in [0.717, 1.165) is 8.95 Å². The summed E-state index contributed by atoms with van der Waals surface area (Å²) in [6.07, 6.45) is 0. The molecule has 4 aliphatic rings. The van der Waals surface area contributed by atoms with E-state index in [1.165, 1.54) is 83.8 Å². The highest BCUT2D eigenvalue weighted by atomic mass is 79.9. The van der Waals surface area contributed by atoms with Crippen LogP contribution in [-0.4, -0.2) is 0 Å². The van der Waals surface area contributed by atoms with Crippen LogP contribution in [0.5, 0.6) is 0 Å². The first-order valence-corrected chi connectivity index (χ1v) is 17.7. The van der Waals surface area contributed by atoms with Crippen molar-refractivity contribution in [3.63, 3.8) is 0 Å². The van der Waals surface area contributed by atoms with Gasteiger partial charge < -0.3 is 4.90 Å². The lowest BCUT2D eigenvalue weighted by molar-refractivity contribution is 0.708. The molecule has 1 nitrogen and oxygen atoms in total. The molecule has 47 heavy (non-hydrogen) atoms. The number of rotatable bonds is 0. The number of hydrogen-bond acceptors (Lipinski definition) is 1. The van der Waals surface area contributed by atoms with E-state index in [1.807, 2.05) is 0 Å². The highest BCUT2D eigenvalue weighted by Crippen LogP contribution is 2.70. The van der Waals surface area contributed by atoms with E-state index < -0.39 is 10.8 Å². The summed E-state index contributed by atoms with van der Waals surface area (Å²) in [5.74, 6) is 0. The monoisotopic (exact) mass is 725 g/mol. The van der Waals surface area contributed by atoms with E-state index >= 15 is 0 Å². The summed E-state index contributed by atoms with van der Waals surface area (Å²) < 4.78 is 2.14. The molecule has 2 aliphatic carbocycles. The van der Waals surface area contributed by atoms with E-state index in [9.17, 15) is 0 Å². The van der Waals surface area contributed by atoms with Crippen LogP contribution in [0.3, 0.4) is 0 Å². The van der Waals surface area contributed by atoms with Crippen LogP contribution in [0, 0.1) is 0 Å². The highest BCUT2D eigenvalue weighted by Gasteiger charge is 2.58. The molecule has 0 saturated carbocycles. The van der Waals surface area contributed by atoms with E-state index in [4.69, 9.17) is 0 Å². The molecule has 0 atom stereocenters. The van der Waals surface area contributed by atoms with Crippen molar-refractivity contribution in [3.05, 3.63) is 205 Å². The standard InChI is InChI=1S/C44H25Br2N/c45-26-20-22-36-40(24-26)47-41-25-27(46)21-23-37(41)44(34-16-7-3-12-30(34)31-13-4-8-17-35(31)44)39-19-9-18-38(42(39)47)43(36)32-14-5-1-10-28(32)29-11-2-6-15-33(29)43/h1-25H. The fourth-order valence-corrected chi connectivity index (χ4v) is 10.4. The summed E-state index contributed by atoms with van der Waals surface area (Å²) in [6, 6.07) is 57.2. The van der Waals surface area contributed by atoms with Crippen LogP contribution in [0.25, 0.3) is 22.3 Å². The summed E-state index contributed by atoms with van der Waals surface area (Å²) >= 11 is 7.81. The van der Waals surface area contributed by atoms with Crippen molar-refractivity contribution >= 4 is 48.9 Å². The van der Waals surface area contributed by atoms with Crippen molar-refractivity contribution in [1.29, 1.82) is 0 Å². The average Bonchev–Trinajstić information content (AvgIpc) is 3.57. The van der Waals surface area contributed by atoms with Crippen molar-refractivity contribution in [2.75, 3.05) is 4.90 Å². The van der Waals surface area contributed by atoms with Gasteiger partial charge in [-0.25, -0.2) is 0 Å². The van der Waals surface area contributed by atoms with Gasteiger partial charge in [-0.1, -0.05) is 159 Å². The van der Waals surface area contributed by atoms with Gasteiger partial charge >= 0.3 is 0 Å². The number of nitrogens with zero attached hydrogens (tertiary/aromatic N) is 1. The maximum atomic E-state index is 3.91.